The lowest BCUT2D eigenvalue weighted by atomic mass is 9.88. The van der Waals surface area contributed by atoms with Crippen molar-refractivity contribution in [3.05, 3.63) is 82.6 Å². The molecule has 2 heterocycles. The molecule has 0 radical (unpaired) electrons. The number of thiophene rings is 1. The Morgan fingerprint density at radius 3 is 2.41 bits per heavy atom. The highest BCUT2D eigenvalue weighted by Crippen LogP contribution is 2.30. The van der Waals surface area contributed by atoms with Crippen LogP contribution in [0, 0.1) is 5.41 Å². The normalized spacial score (nSPS) is 12.5. The number of halogens is 2. The Morgan fingerprint density at radius 2 is 1.79 bits per heavy atom. The van der Waals surface area contributed by atoms with E-state index in [-0.39, 0.29) is 33.1 Å². The molecular formula is C29H31F2N5O2S. The van der Waals surface area contributed by atoms with Crippen molar-refractivity contribution in [3.63, 3.8) is 0 Å². The minimum absolute atomic E-state index is 0.104. The van der Waals surface area contributed by atoms with Gasteiger partial charge in [-0.25, -0.2) is 13.8 Å². The number of rotatable bonds is 9. The number of fused-ring (bicyclic) bond motifs is 1. The maximum atomic E-state index is 13.1. The van der Waals surface area contributed by atoms with Crippen molar-refractivity contribution in [3.8, 4) is 5.69 Å². The molecule has 1 atom stereocenters. The van der Waals surface area contributed by atoms with E-state index in [1.54, 1.807) is 28.8 Å². The minimum Gasteiger partial charge on any atom is -0.323 e. The van der Waals surface area contributed by atoms with Gasteiger partial charge in [0.15, 0.2) is 0 Å². The molecule has 0 spiro atoms. The molecule has 0 unspecified atom stereocenters. The Kier molecular flexibility index (Phi) is 8.27. The van der Waals surface area contributed by atoms with Gasteiger partial charge in [-0.1, -0.05) is 33.4 Å². The van der Waals surface area contributed by atoms with E-state index in [1.807, 2.05) is 18.2 Å². The van der Waals surface area contributed by atoms with Crippen LogP contribution in [-0.4, -0.2) is 27.4 Å². The number of hydrogen-bond donors (Lipinski definition) is 3. The minimum atomic E-state index is -2.64. The van der Waals surface area contributed by atoms with Crippen molar-refractivity contribution in [2.24, 2.45) is 5.41 Å². The standard InChI is InChI=1S/C29H31F2N5O2S/c1-6-25(37)33-19-8-10-20(11-9-19)36-22-12-7-18(16-32-17(2)29(3,4)5)15-21(22)34-28(36)35-27(38)24-14-13-23(39-24)26(30)31/h6-15,17,26,32H,1,16H2,2-5H3,(H,33,37)(H,34,35,38)/t17-/m0/s1. The topological polar surface area (TPSA) is 88.1 Å². The molecule has 0 aliphatic rings. The summed E-state index contributed by atoms with van der Waals surface area (Å²) in [4.78, 5) is 29.3. The predicted octanol–water partition coefficient (Wildman–Crippen LogP) is 6.93. The van der Waals surface area contributed by atoms with Crippen molar-refractivity contribution in [2.75, 3.05) is 10.6 Å². The third-order valence-electron chi connectivity index (χ3n) is 6.50. The van der Waals surface area contributed by atoms with E-state index in [9.17, 15) is 18.4 Å². The number of alkyl halides is 2. The summed E-state index contributed by atoms with van der Waals surface area (Å²) < 4.78 is 27.9. The lowest BCUT2D eigenvalue weighted by Crippen LogP contribution is -2.37. The zero-order chi connectivity index (χ0) is 28.3. The number of anilines is 2. The molecule has 0 aliphatic carbocycles. The Labute approximate surface area is 229 Å². The van der Waals surface area contributed by atoms with Crippen LogP contribution in [0.25, 0.3) is 16.7 Å². The molecule has 204 valence electrons. The van der Waals surface area contributed by atoms with E-state index in [1.165, 1.54) is 18.2 Å². The summed E-state index contributed by atoms with van der Waals surface area (Å²) in [6.45, 7) is 12.8. The van der Waals surface area contributed by atoms with Gasteiger partial charge in [-0.2, -0.15) is 0 Å². The van der Waals surface area contributed by atoms with Crippen LogP contribution in [0.5, 0.6) is 0 Å². The molecular weight excluding hydrogens is 520 g/mol. The Hall–Kier alpha value is -3.89. The van der Waals surface area contributed by atoms with Gasteiger partial charge in [-0.05, 0) is 72.5 Å². The monoisotopic (exact) mass is 551 g/mol. The SMILES string of the molecule is C=CC(=O)Nc1ccc(-n2c(NC(=O)c3ccc(C(F)F)s3)nc3cc(CN[C@@H](C)C(C)(C)C)ccc32)cc1. The zero-order valence-corrected chi connectivity index (χ0v) is 23.0. The smallest absolute Gasteiger partial charge is 0.272 e. The average Bonchev–Trinajstić information content (AvgIpc) is 3.52. The number of carbonyl (C=O) groups is 2. The maximum absolute atomic E-state index is 13.1. The van der Waals surface area contributed by atoms with Crippen LogP contribution in [-0.2, 0) is 11.3 Å². The molecule has 0 fully saturated rings. The van der Waals surface area contributed by atoms with Gasteiger partial charge >= 0.3 is 0 Å². The van der Waals surface area contributed by atoms with E-state index >= 15 is 0 Å². The molecule has 0 aliphatic heterocycles. The number of benzene rings is 2. The largest absolute Gasteiger partial charge is 0.323 e. The molecule has 0 saturated carbocycles. The van der Waals surface area contributed by atoms with Gasteiger partial charge in [0.25, 0.3) is 12.3 Å². The highest BCUT2D eigenvalue weighted by atomic mass is 32.1. The summed E-state index contributed by atoms with van der Waals surface area (Å²) in [5.74, 6) is -0.609. The number of nitrogens with zero attached hydrogens (tertiary/aromatic N) is 2. The molecule has 4 rings (SSSR count). The summed E-state index contributed by atoms with van der Waals surface area (Å²) in [5, 5.41) is 9.04. The van der Waals surface area contributed by atoms with Gasteiger partial charge in [0, 0.05) is 24.0 Å². The number of carbonyl (C=O) groups excluding carboxylic acids is 2. The highest BCUT2D eigenvalue weighted by molar-refractivity contribution is 7.14. The lowest BCUT2D eigenvalue weighted by Gasteiger charge is -2.28. The molecule has 2 amide bonds. The fraction of sp³-hybridized carbons (Fsp3) is 0.276. The van der Waals surface area contributed by atoms with Gasteiger partial charge in [0.2, 0.25) is 11.9 Å². The third kappa shape index (κ3) is 6.58. The second kappa shape index (κ2) is 11.5. The molecule has 10 heteroatoms. The molecule has 0 saturated heterocycles. The van der Waals surface area contributed by atoms with Gasteiger partial charge in [-0.3, -0.25) is 19.5 Å². The number of aromatic nitrogens is 2. The molecule has 2 aromatic heterocycles. The first-order valence-electron chi connectivity index (χ1n) is 12.4. The quantitative estimate of drug-likeness (QED) is 0.197. The van der Waals surface area contributed by atoms with Crippen LogP contribution in [0.15, 0.2) is 67.3 Å². The number of nitrogens with one attached hydrogen (secondary N) is 3. The molecule has 4 aromatic rings. The molecule has 39 heavy (non-hydrogen) atoms. The van der Waals surface area contributed by atoms with Crippen LogP contribution in [0.2, 0.25) is 0 Å². The maximum Gasteiger partial charge on any atom is 0.272 e. The summed E-state index contributed by atoms with van der Waals surface area (Å²) >= 11 is 0.745. The van der Waals surface area contributed by atoms with Crippen LogP contribution >= 0.6 is 11.3 Å². The molecule has 0 bridgehead atoms. The number of hydrogen-bond acceptors (Lipinski definition) is 5. The van der Waals surface area contributed by atoms with Gasteiger partial charge in [0.1, 0.15) is 0 Å². The average molecular weight is 552 g/mol. The van der Waals surface area contributed by atoms with Crippen molar-refractivity contribution < 1.29 is 18.4 Å². The Morgan fingerprint density at radius 1 is 1.08 bits per heavy atom. The first kappa shape index (κ1) is 28.1. The van der Waals surface area contributed by atoms with E-state index in [4.69, 9.17) is 4.98 Å². The second-order valence-electron chi connectivity index (χ2n) is 10.3. The van der Waals surface area contributed by atoms with Gasteiger partial charge in [-0.15, -0.1) is 11.3 Å². The fourth-order valence-electron chi connectivity index (χ4n) is 3.80. The summed E-state index contributed by atoms with van der Waals surface area (Å²) in [7, 11) is 0. The summed E-state index contributed by atoms with van der Waals surface area (Å²) in [6, 6.07) is 15.8. The van der Waals surface area contributed by atoms with Crippen LogP contribution in [0.3, 0.4) is 0 Å². The third-order valence-corrected chi connectivity index (χ3v) is 7.59. The van der Waals surface area contributed by atoms with Crippen molar-refractivity contribution in [1.29, 1.82) is 0 Å². The van der Waals surface area contributed by atoms with E-state index in [0.717, 1.165) is 22.4 Å². The van der Waals surface area contributed by atoms with E-state index in [2.05, 4.69) is 50.2 Å². The molecule has 3 N–H and O–H groups in total. The first-order chi connectivity index (χ1) is 18.5. The summed E-state index contributed by atoms with van der Waals surface area (Å²) in [6.07, 6.45) is -1.46. The van der Waals surface area contributed by atoms with Gasteiger partial charge in [0.05, 0.1) is 20.8 Å². The lowest BCUT2D eigenvalue weighted by molar-refractivity contribution is -0.111. The molecule has 7 nitrogen and oxygen atoms in total. The Balaban J connectivity index is 1.70. The van der Waals surface area contributed by atoms with E-state index in [0.29, 0.717) is 23.4 Å². The second-order valence-corrected chi connectivity index (χ2v) is 11.4. The summed E-state index contributed by atoms with van der Waals surface area (Å²) in [5.41, 5.74) is 3.82. The van der Waals surface area contributed by atoms with Gasteiger partial charge < -0.3 is 10.6 Å². The molecule has 2 aromatic carbocycles. The number of imidazole rings is 1. The van der Waals surface area contributed by atoms with Crippen LogP contribution in [0.1, 0.15) is 54.2 Å². The van der Waals surface area contributed by atoms with Crippen molar-refractivity contribution in [1.82, 2.24) is 14.9 Å². The zero-order valence-electron chi connectivity index (χ0n) is 22.2. The fourth-order valence-corrected chi connectivity index (χ4v) is 4.56. The predicted molar refractivity (Wildman–Crippen MR) is 153 cm³/mol. The Bertz CT molecular complexity index is 1500. The van der Waals surface area contributed by atoms with E-state index < -0.39 is 12.3 Å². The van der Waals surface area contributed by atoms with Crippen molar-refractivity contribution in [2.45, 2.75) is 46.7 Å². The van der Waals surface area contributed by atoms with Crippen LogP contribution in [0.4, 0.5) is 20.4 Å². The number of amides is 2. The first-order valence-corrected chi connectivity index (χ1v) is 13.3. The van der Waals surface area contributed by atoms with Crippen LogP contribution < -0.4 is 16.0 Å². The van der Waals surface area contributed by atoms with Crippen molar-refractivity contribution >= 4 is 45.8 Å². The highest BCUT2D eigenvalue weighted by Gasteiger charge is 2.21.